The lowest BCUT2D eigenvalue weighted by atomic mass is 10.0. The van der Waals surface area contributed by atoms with Crippen LogP contribution in [0.5, 0.6) is 0 Å². The van der Waals surface area contributed by atoms with Gasteiger partial charge in [0.1, 0.15) is 0 Å². The average Bonchev–Trinajstić information content (AvgIpc) is 2.27. The highest BCUT2D eigenvalue weighted by molar-refractivity contribution is 5.40. The Kier molecular flexibility index (Phi) is 7.35. The molecular weight excluding hydrogens is 182 g/mol. The second-order valence-electron chi connectivity index (χ2n) is 3.03. The lowest BCUT2D eigenvalue weighted by Crippen LogP contribution is -2.02. The molecule has 1 aliphatic carbocycles. The van der Waals surface area contributed by atoms with E-state index in [0.29, 0.717) is 6.54 Å². The van der Waals surface area contributed by atoms with Gasteiger partial charge in [-0.1, -0.05) is 44.2 Å². The fourth-order valence-electron chi connectivity index (χ4n) is 1.22. The summed E-state index contributed by atoms with van der Waals surface area (Å²) >= 11 is 0. The SMILES string of the molecule is C=C/C1=C/C/C(CN)=C\C=C=C1C.CC. The third-order valence-electron chi connectivity index (χ3n) is 2.12. The van der Waals surface area contributed by atoms with Crippen molar-refractivity contribution in [2.24, 2.45) is 5.73 Å². The molecule has 1 aliphatic rings. The highest BCUT2D eigenvalue weighted by atomic mass is 14.5. The zero-order valence-corrected chi connectivity index (χ0v) is 10.0. The van der Waals surface area contributed by atoms with Gasteiger partial charge in [0.05, 0.1) is 0 Å². The monoisotopic (exact) mass is 203 g/mol. The molecule has 0 bridgehead atoms. The number of rotatable bonds is 2. The Morgan fingerprint density at radius 2 is 2.20 bits per heavy atom. The zero-order chi connectivity index (χ0) is 11.7. The molecule has 1 heteroatoms. The number of hydrogen-bond acceptors (Lipinski definition) is 1. The second kappa shape index (κ2) is 8.05. The van der Waals surface area contributed by atoms with E-state index in [4.69, 9.17) is 5.73 Å². The molecule has 15 heavy (non-hydrogen) atoms. The molecule has 0 heterocycles. The van der Waals surface area contributed by atoms with E-state index in [0.717, 1.165) is 17.6 Å². The molecule has 2 N–H and O–H groups in total. The predicted octanol–water partition coefficient (Wildman–Crippen LogP) is 3.52. The minimum Gasteiger partial charge on any atom is -0.327 e. The standard InChI is InChI=1S/C12H15N.C2H6/c1-3-12-8-7-11(9-13)6-4-5-10(12)2;1-2/h3-4,6,8H,1,7,9,13H2,2H3;1-2H3/b11-6+,12-8-;. The van der Waals surface area contributed by atoms with E-state index in [-0.39, 0.29) is 0 Å². The molecule has 0 fully saturated rings. The second-order valence-corrected chi connectivity index (χ2v) is 3.03. The van der Waals surface area contributed by atoms with Crippen LogP contribution in [0.3, 0.4) is 0 Å². The Morgan fingerprint density at radius 1 is 1.53 bits per heavy atom. The minimum absolute atomic E-state index is 0.609. The van der Waals surface area contributed by atoms with Crippen molar-refractivity contribution in [3.05, 3.63) is 53.3 Å². The minimum atomic E-state index is 0.609. The lowest BCUT2D eigenvalue weighted by molar-refractivity contribution is 1.06. The van der Waals surface area contributed by atoms with Gasteiger partial charge >= 0.3 is 0 Å². The molecule has 0 atom stereocenters. The Hall–Kier alpha value is -1.30. The highest BCUT2D eigenvalue weighted by Crippen LogP contribution is 2.14. The summed E-state index contributed by atoms with van der Waals surface area (Å²) in [6, 6.07) is 0. The maximum absolute atomic E-state index is 5.57. The maximum atomic E-state index is 5.57. The molecule has 0 unspecified atom stereocenters. The molecule has 1 rings (SSSR count). The Labute approximate surface area is 93.4 Å². The summed E-state index contributed by atoms with van der Waals surface area (Å²) in [7, 11) is 0. The maximum Gasteiger partial charge on any atom is 0.0143 e. The van der Waals surface area contributed by atoms with Gasteiger partial charge in [-0.2, -0.15) is 0 Å². The fraction of sp³-hybridized carbons (Fsp3) is 0.357. The first-order chi connectivity index (χ1) is 7.27. The van der Waals surface area contributed by atoms with Crippen LogP contribution in [-0.2, 0) is 0 Å². The smallest absolute Gasteiger partial charge is 0.0143 e. The number of allylic oxidation sites excluding steroid dienone is 5. The van der Waals surface area contributed by atoms with Gasteiger partial charge < -0.3 is 5.73 Å². The van der Waals surface area contributed by atoms with Crippen molar-refractivity contribution in [3.63, 3.8) is 0 Å². The van der Waals surface area contributed by atoms with Gasteiger partial charge in [0.25, 0.3) is 0 Å². The summed E-state index contributed by atoms with van der Waals surface area (Å²) < 4.78 is 0. The molecular formula is C14H21N. The van der Waals surface area contributed by atoms with Gasteiger partial charge in [0, 0.05) is 6.54 Å². The van der Waals surface area contributed by atoms with Crippen LogP contribution < -0.4 is 5.73 Å². The van der Waals surface area contributed by atoms with Crippen LogP contribution in [0.4, 0.5) is 0 Å². The molecule has 0 saturated heterocycles. The van der Waals surface area contributed by atoms with Crippen LogP contribution >= 0.6 is 0 Å². The van der Waals surface area contributed by atoms with Crippen molar-refractivity contribution < 1.29 is 0 Å². The summed E-state index contributed by atoms with van der Waals surface area (Å²) in [6.45, 7) is 10.4. The van der Waals surface area contributed by atoms with Crippen molar-refractivity contribution in [3.8, 4) is 0 Å². The molecule has 0 aliphatic heterocycles. The van der Waals surface area contributed by atoms with E-state index in [2.05, 4.69) is 18.4 Å². The fourth-order valence-corrected chi connectivity index (χ4v) is 1.22. The predicted molar refractivity (Wildman–Crippen MR) is 68.7 cm³/mol. The van der Waals surface area contributed by atoms with Gasteiger partial charge in [-0.05, 0) is 30.6 Å². The Bertz CT molecular complexity index is 323. The van der Waals surface area contributed by atoms with E-state index in [1.807, 2.05) is 39.0 Å². The van der Waals surface area contributed by atoms with E-state index >= 15 is 0 Å². The van der Waals surface area contributed by atoms with Crippen molar-refractivity contribution >= 4 is 0 Å². The average molecular weight is 203 g/mol. The highest BCUT2D eigenvalue weighted by Gasteiger charge is 1.97. The molecule has 0 radical (unpaired) electrons. The molecule has 0 aromatic carbocycles. The van der Waals surface area contributed by atoms with Crippen LogP contribution in [-0.4, -0.2) is 6.54 Å². The van der Waals surface area contributed by atoms with E-state index in [1.165, 1.54) is 5.57 Å². The first-order valence-corrected chi connectivity index (χ1v) is 5.42. The van der Waals surface area contributed by atoms with E-state index in [9.17, 15) is 0 Å². The largest absolute Gasteiger partial charge is 0.327 e. The van der Waals surface area contributed by atoms with Crippen LogP contribution in [0.1, 0.15) is 27.2 Å². The molecule has 1 nitrogen and oxygen atoms in total. The van der Waals surface area contributed by atoms with Crippen molar-refractivity contribution in [1.82, 2.24) is 0 Å². The number of nitrogens with two attached hydrogens (primary N) is 1. The molecule has 0 spiro atoms. The molecule has 0 amide bonds. The molecule has 0 aromatic heterocycles. The van der Waals surface area contributed by atoms with Gasteiger partial charge in [-0.15, -0.1) is 5.73 Å². The molecule has 0 aromatic rings. The molecule has 82 valence electrons. The quantitative estimate of drug-likeness (QED) is 0.683. The zero-order valence-electron chi connectivity index (χ0n) is 10.0. The van der Waals surface area contributed by atoms with Gasteiger partial charge in [0.2, 0.25) is 0 Å². The van der Waals surface area contributed by atoms with Gasteiger partial charge in [-0.25, -0.2) is 0 Å². The Balaban J connectivity index is 0.000000921. The summed E-state index contributed by atoms with van der Waals surface area (Å²) in [5, 5.41) is 0. The van der Waals surface area contributed by atoms with Crippen LogP contribution in [0.2, 0.25) is 0 Å². The summed E-state index contributed by atoms with van der Waals surface area (Å²) in [5.74, 6) is 0. The summed E-state index contributed by atoms with van der Waals surface area (Å²) in [6.07, 6.45) is 8.86. The summed E-state index contributed by atoms with van der Waals surface area (Å²) in [4.78, 5) is 0. The normalized spacial score (nSPS) is 21.7. The van der Waals surface area contributed by atoms with Crippen LogP contribution in [0, 0.1) is 0 Å². The Morgan fingerprint density at radius 3 is 2.73 bits per heavy atom. The topological polar surface area (TPSA) is 26.0 Å². The molecule has 0 saturated carbocycles. The van der Waals surface area contributed by atoms with Gasteiger partial charge in [-0.3, -0.25) is 0 Å². The van der Waals surface area contributed by atoms with Gasteiger partial charge in [0.15, 0.2) is 0 Å². The van der Waals surface area contributed by atoms with E-state index in [1.54, 1.807) is 0 Å². The number of hydrogen-bond donors (Lipinski definition) is 1. The third kappa shape index (κ3) is 4.64. The van der Waals surface area contributed by atoms with Crippen molar-refractivity contribution in [2.75, 3.05) is 6.54 Å². The van der Waals surface area contributed by atoms with E-state index < -0.39 is 0 Å². The van der Waals surface area contributed by atoms with Crippen LogP contribution in [0.25, 0.3) is 0 Å². The first-order valence-electron chi connectivity index (χ1n) is 5.42. The van der Waals surface area contributed by atoms with Crippen molar-refractivity contribution in [1.29, 1.82) is 0 Å². The lowest BCUT2D eigenvalue weighted by Gasteiger charge is -2.04. The third-order valence-corrected chi connectivity index (χ3v) is 2.12. The summed E-state index contributed by atoms with van der Waals surface area (Å²) in [5.41, 5.74) is 12.2. The van der Waals surface area contributed by atoms with Crippen LogP contribution in [0.15, 0.2) is 53.3 Å². The van der Waals surface area contributed by atoms with Crippen molar-refractivity contribution in [2.45, 2.75) is 27.2 Å². The first kappa shape index (κ1) is 13.7.